The third kappa shape index (κ3) is 5.91. The first-order chi connectivity index (χ1) is 19.0. The van der Waals surface area contributed by atoms with Crippen LogP contribution in [-0.4, -0.2) is 81.6 Å². The molecule has 1 aliphatic rings. The first-order valence-corrected chi connectivity index (χ1v) is 14.4. The standard InChI is InChI=1S/C26H31ClN6O6S/c1-5-39-26(35)21(11-16-10-15-6-8-29-23(28)18(15)13-22(16)38-4)33-9-7-20(25(33)34)31-40(36,37)17-12-19(27)24(30-14-17)32(2)3/h6,8,10,12-14,20-21,31H,5,7,9,11H2,1-4H3,(H2,28,29). The number of aromatic nitrogens is 2. The lowest BCUT2D eigenvalue weighted by molar-refractivity contribution is -0.153. The average molecular weight is 591 g/mol. The fourth-order valence-electron chi connectivity index (χ4n) is 4.65. The summed E-state index contributed by atoms with van der Waals surface area (Å²) in [5.41, 5.74) is 6.66. The highest BCUT2D eigenvalue weighted by Gasteiger charge is 2.42. The number of benzene rings is 1. The van der Waals surface area contributed by atoms with Crippen LogP contribution in [0.5, 0.6) is 5.75 Å². The molecule has 14 heteroatoms. The number of fused-ring (bicyclic) bond motifs is 1. The maximum absolute atomic E-state index is 13.5. The molecular formula is C26H31ClN6O6S. The number of nitrogens with zero attached hydrogens (tertiary/aromatic N) is 4. The van der Waals surface area contributed by atoms with Crippen molar-refractivity contribution in [3.8, 4) is 5.75 Å². The first kappa shape index (κ1) is 29.3. The van der Waals surface area contributed by atoms with E-state index in [2.05, 4.69) is 14.7 Å². The van der Waals surface area contributed by atoms with E-state index in [1.54, 1.807) is 44.2 Å². The predicted octanol–water partition coefficient (Wildman–Crippen LogP) is 1.99. The molecule has 0 bridgehead atoms. The van der Waals surface area contributed by atoms with Crippen LogP contribution in [0.2, 0.25) is 5.02 Å². The minimum absolute atomic E-state index is 0.0803. The number of hydrogen-bond donors (Lipinski definition) is 2. The van der Waals surface area contributed by atoms with Gasteiger partial charge in [-0.3, -0.25) is 4.79 Å². The second-order valence-corrected chi connectivity index (χ2v) is 11.5. The van der Waals surface area contributed by atoms with Gasteiger partial charge < -0.3 is 25.0 Å². The maximum atomic E-state index is 13.5. The van der Waals surface area contributed by atoms with Crippen LogP contribution in [0.4, 0.5) is 11.6 Å². The predicted molar refractivity (Wildman–Crippen MR) is 151 cm³/mol. The number of methoxy groups -OCH3 is 1. The number of amides is 1. The molecule has 2 unspecified atom stereocenters. The Labute approximate surface area is 237 Å². The van der Waals surface area contributed by atoms with Crippen molar-refractivity contribution in [1.82, 2.24) is 19.6 Å². The zero-order chi connectivity index (χ0) is 29.2. The van der Waals surface area contributed by atoms with Crippen molar-refractivity contribution >= 4 is 55.9 Å². The van der Waals surface area contributed by atoms with Crippen molar-refractivity contribution in [3.63, 3.8) is 0 Å². The van der Waals surface area contributed by atoms with Gasteiger partial charge in [-0.2, -0.15) is 4.72 Å². The van der Waals surface area contributed by atoms with Gasteiger partial charge in [-0.15, -0.1) is 0 Å². The van der Waals surface area contributed by atoms with E-state index in [4.69, 9.17) is 26.8 Å². The van der Waals surface area contributed by atoms with Crippen LogP contribution in [0.1, 0.15) is 18.9 Å². The summed E-state index contributed by atoms with van der Waals surface area (Å²) in [6.45, 7) is 1.92. The lowest BCUT2D eigenvalue weighted by Gasteiger charge is -2.27. The molecule has 1 aromatic carbocycles. The molecule has 0 saturated carbocycles. The fourth-order valence-corrected chi connectivity index (χ4v) is 6.25. The molecule has 3 N–H and O–H groups in total. The Morgan fingerprint density at radius 3 is 2.70 bits per heavy atom. The molecule has 214 valence electrons. The smallest absolute Gasteiger partial charge is 0.329 e. The zero-order valence-electron chi connectivity index (χ0n) is 22.5. The number of esters is 1. The molecule has 4 rings (SSSR count). The van der Waals surface area contributed by atoms with Crippen LogP contribution in [0, 0.1) is 0 Å². The summed E-state index contributed by atoms with van der Waals surface area (Å²) in [5.74, 6) is 0.0619. The van der Waals surface area contributed by atoms with Gasteiger partial charge in [0, 0.05) is 44.8 Å². The zero-order valence-corrected chi connectivity index (χ0v) is 24.1. The Hall–Kier alpha value is -3.68. The Bertz CT molecular complexity index is 1550. The van der Waals surface area contributed by atoms with Gasteiger partial charge in [-0.1, -0.05) is 11.6 Å². The number of rotatable bonds is 10. The van der Waals surface area contributed by atoms with Gasteiger partial charge in [0.2, 0.25) is 15.9 Å². The second kappa shape index (κ2) is 11.8. The Balaban J connectivity index is 1.60. The van der Waals surface area contributed by atoms with E-state index in [9.17, 15) is 18.0 Å². The summed E-state index contributed by atoms with van der Waals surface area (Å²) in [4.78, 5) is 37.6. The number of hydrogen-bond acceptors (Lipinski definition) is 10. The highest BCUT2D eigenvalue weighted by Crippen LogP contribution is 2.31. The third-order valence-corrected chi connectivity index (χ3v) is 8.33. The summed E-state index contributed by atoms with van der Waals surface area (Å²) < 4.78 is 39.5. The van der Waals surface area contributed by atoms with Crippen molar-refractivity contribution in [2.24, 2.45) is 0 Å². The highest BCUT2D eigenvalue weighted by atomic mass is 35.5. The van der Waals surface area contributed by atoms with E-state index in [-0.39, 0.29) is 35.9 Å². The number of likely N-dealkylation sites (tertiary alicyclic amines) is 1. The number of anilines is 2. The number of carbonyl (C=O) groups is 2. The summed E-state index contributed by atoms with van der Waals surface area (Å²) in [6.07, 6.45) is 2.99. The van der Waals surface area contributed by atoms with Crippen molar-refractivity contribution in [1.29, 1.82) is 0 Å². The molecule has 2 atom stereocenters. The molecular weight excluding hydrogens is 560 g/mol. The highest BCUT2D eigenvalue weighted by molar-refractivity contribution is 7.89. The molecule has 1 saturated heterocycles. The largest absolute Gasteiger partial charge is 0.496 e. The quantitative estimate of drug-likeness (QED) is 0.335. The van der Waals surface area contributed by atoms with Crippen molar-refractivity contribution in [3.05, 3.63) is 47.2 Å². The molecule has 1 aliphatic heterocycles. The van der Waals surface area contributed by atoms with E-state index in [1.807, 2.05) is 6.07 Å². The molecule has 2 aromatic heterocycles. The number of nitrogens with one attached hydrogen (secondary N) is 1. The molecule has 12 nitrogen and oxygen atoms in total. The van der Waals surface area contributed by atoms with Gasteiger partial charge >= 0.3 is 5.97 Å². The van der Waals surface area contributed by atoms with E-state index >= 15 is 0 Å². The maximum Gasteiger partial charge on any atom is 0.329 e. The SMILES string of the molecule is CCOC(=O)C(Cc1cc2ccnc(N)c2cc1OC)N1CCC(NS(=O)(=O)c2cnc(N(C)C)c(Cl)c2)C1=O. The van der Waals surface area contributed by atoms with Crippen LogP contribution in [0.3, 0.4) is 0 Å². The Morgan fingerprint density at radius 1 is 1.30 bits per heavy atom. The van der Waals surface area contributed by atoms with Crippen molar-refractivity contribution in [2.45, 2.75) is 36.7 Å². The van der Waals surface area contributed by atoms with Gasteiger partial charge in [0.15, 0.2) is 0 Å². The summed E-state index contributed by atoms with van der Waals surface area (Å²) in [7, 11) is 0.816. The molecule has 3 aromatic rings. The van der Waals surface area contributed by atoms with Gasteiger partial charge in [0.1, 0.15) is 34.4 Å². The number of halogens is 1. The topological polar surface area (TPSA) is 157 Å². The lowest BCUT2D eigenvalue weighted by atomic mass is 10.00. The monoisotopic (exact) mass is 590 g/mol. The second-order valence-electron chi connectivity index (χ2n) is 9.42. The molecule has 1 fully saturated rings. The number of pyridine rings is 2. The van der Waals surface area contributed by atoms with Crippen LogP contribution in [0.15, 0.2) is 41.6 Å². The molecule has 40 heavy (non-hydrogen) atoms. The molecule has 0 radical (unpaired) electrons. The van der Waals surface area contributed by atoms with Gasteiger partial charge in [0.05, 0.1) is 18.7 Å². The number of nitrogen functional groups attached to an aromatic ring is 1. The van der Waals surface area contributed by atoms with Gasteiger partial charge in [-0.25, -0.2) is 23.2 Å². The number of carbonyl (C=O) groups excluding carboxylic acids is 2. The third-order valence-electron chi connectivity index (χ3n) is 6.61. The van der Waals surface area contributed by atoms with Gasteiger partial charge in [-0.05, 0) is 48.6 Å². The molecule has 3 heterocycles. The van der Waals surface area contributed by atoms with Crippen molar-refractivity contribution < 1.29 is 27.5 Å². The average Bonchev–Trinajstić information content (AvgIpc) is 3.25. The lowest BCUT2D eigenvalue weighted by Crippen LogP contribution is -2.48. The summed E-state index contributed by atoms with van der Waals surface area (Å²) in [6, 6.07) is 4.53. The van der Waals surface area contributed by atoms with Crippen LogP contribution < -0.4 is 20.1 Å². The van der Waals surface area contributed by atoms with E-state index in [0.717, 1.165) is 5.39 Å². The van der Waals surface area contributed by atoms with Crippen molar-refractivity contribution in [2.75, 3.05) is 45.0 Å². The van der Waals surface area contributed by atoms with E-state index < -0.39 is 34.0 Å². The van der Waals surface area contributed by atoms with Gasteiger partial charge in [0.25, 0.3) is 0 Å². The minimum atomic E-state index is -4.14. The number of nitrogens with two attached hydrogens (primary N) is 1. The molecule has 0 aliphatic carbocycles. The first-order valence-electron chi connectivity index (χ1n) is 12.5. The van der Waals surface area contributed by atoms with E-state index in [0.29, 0.717) is 28.3 Å². The Morgan fingerprint density at radius 2 is 2.05 bits per heavy atom. The summed E-state index contributed by atoms with van der Waals surface area (Å²) in [5, 5.41) is 1.63. The van der Waals surface area contributed by atoms with Crippen LogP contribution in [0.25, 0.3) is 10.8 Å². The van der Waals surface area contributed by atoms with Crippen LogP contribution in [-0.2, 0) is 30.8 Å². The number of ether oxygens (including phenoxy) is 2. The Kier molecular flexibility index (Phi) is 8.66. The van der Waals surface area contributed by atoms with Crippen LogP contribution >= 0.6 is 11.6 Å². The molecule has 1 amide bonds. The normalized spacial score (nSPS) is 16.3. The number of sulfonamides is 1. The fraction of sp³-hybridized carbons (Fsp3) is 0.385. The summed E-state index contributed by atoms with van der Waals surface area (Å²) >= 11 is 6.21. The molecule has 0 spiro atoms. The minimum Gasteiger partial charge on any atom is -0.496 e. The van der Waals surface area contributed by atoms with E-state index in [1.165, 1.54) is 24.3 Å².